The van der Waals surface area contributed by atoms with Gasteiger partial charge in [0.05, 0.1) is 12.5 Å². The fourth-order valence-electron chi connectivity index (χ4n) is 1.99. The number of ether oxygens (including phenoxy) is 1. The number of methoxy groups -OCH3 is 1. The SMILES string of the molecule is CCCNc1cc(C(F)(F)F)nc2c(F)ccc(OC)c12. The van der Waals surface area contributed by atoms with Crippen LogP contribution < -0.4 is 10.1 Å². The van der Waals surface area contributed by atoms with Gasteiger partial charge in [0.15, 0.2) is 0 Å². The number of rotatable bonds is 4. The average molecular weight is 302 g/mol. The summed E-state index contributed by atoms with van der Waals surface area (Å²) in [7, 11) is 1.37. The third kappa shape index (κ3) is 3.01. The molecule has 0 atom stereocenters. The van der Waals surface area contributed by atoms with E-state index in [0.717, 1.165) is 12.1 Å². The topological polar surface area (TPSA) is 34.2 Å². The van der Waals surface area contributed by atoms with Gasteiger partial charge >= 0.3 is 6.18 Å². The smallest absolute Gasteiger partial charge is 0.433 e. The van der Waals surface area contributed by atoms with Crippen LogP contribution in [0.15, 0.2) is 18.2 Å². The van der Waals surface area contributed by atoms with Crippen LogP contribution in [0, 0.1) is 5.82 Å². The van der Waals surface area contributed by atoms with Gasteiger partial charge in [-0.2, -0.15) is 13.2 Å². The molecule has 2 rings (SSSR count). The van der Waals surface area contributed by atoms with E-state index in [0.29, 0.717) is 13.0 Å². The van der Waals surface area contributed by atoms with Crippen LogP contribution in [0.3, 0.4) is 0 Å². The number of pyridine rings is 1. The van der Waals surface area contributed by atoms with Crippen LogP contribution in [0.4, 0.5) is 23.2 Å². The Kier molecular flexibility index (Phi) is 4.20. The monoisotopic (exact) mass is 302 g/mol. The highest BCUT2D eigenvalue weighted by Crippen LogP contribution is 2.37. The number of hydrogen-bond donors (Lipinski definition) is 1. The molecule has 1 N–H and O–H groups in total. The number of halogens is 4. The van der Waals surface area contributed by atoms with E-state index >= 15 is 0 Å². The molecular formula is C14H14F4N2O. The van der Waals surface area contributed by atoms with Crippen molar-refractivity contribution in [2.45, 2.75) is 19.5 Å². The predicted molar refractivity (Wildman–Crippen MR) is 72.0 cm³/mol. The second-order valence-electron chi connectivity index (χ2n) is 4.45. The van der Waals surface area contributed by atoms with Crippen molar-refractivity contribution in [1.82, 2.24) is 4.98 Å². The molecule has 0 fully saturated rings. The molecular weight excluding hydrogens is 288 g/mol. The largest absolute Gasteiger partial charge is 0.496 e. The molecule has 0 unspecified atom stereocenters. The minimum atomic E-state index is -4.65. The molecule has 2 aromatic rings. The van der Waals surface area contributed by atoms with E-state index in [1.54, 1.807) is 0 Å². The van der Waals surface area contributed by atoms with Crippen LogP contribution in [0.25, 0.3) is 10.9 Å². The van der Waals surface area contributed by atoms with Gasteiger partial charge in [-0.05, 0) is 24.6 Å². The zero-order chi connectivity index (χ0) is 15.6. The minimum absolute atomic E-state index is 0.158. The standard InChI is InChI=1S/C14H14F4N2O/c1-3-6-19-9-7-11(14(16,17)18)20-13-8(15)4-5-10(21-2)12(9)13/h4-5,7H,3,6H2,1-2H3,(H,19,20). The van der Waals surface area contributed by atoms with Crippen molar-refractivity contribution in [3.05, 3.63) is 29.7 Å². The molecule has 3 nitrogen and oxygen atoms in total. The molecule has 0 aliphatic rings. The fraction of sp³-hybridized carbons (Fsp3) is 0.357. The molecule has 0 amide bonds. The van der Waals surface area contributed by atoms with Gasteiger partial charge in [0.25, 0.3) is 0 Å². The van der Waals surface area contributed by atoms with E-state index in [2.05, 4.69) is 10.3 Å². The number of nitrogens with zero attached hydrogens (tertiary/aromatic N) is 1. The number of aromatic nitrogens is 1. The predicted octanol–water partition coefficient (Wildman–Crippen LogP) is 4.22. The molecule has 1 aromatic heterocycles. The van der Waals surface area contributed by atoms with E-state index in [-0.39, 0.29) is 22.3 Å². The molecule has 0 aliphatic heterocycles. The van der Waals surface area contributed by atoms with Crippen LogP contribution in [0.2, 0.25) is 0 Å². The first-order chi connectivity index (χ1) is 9.88. The van der Waals surface area contributed by atoms with Crippen LogP contribution in [0.5, 0.6) is 5.75 Å². The summed E-state index contributed by atoms with van der Waals surface area (Å²) in [6.07, 6.45) is -3.94. The Balaban J connectivity index is 2.77. The van der Waals surface area contributed by atoms with Crippen molar-refractivity contribution in [1.29, 1.82) is 0 Å². The Morgan fingerprint density at radius 2 is 2.00 bits per heavy atom. The highest BCUT2D eigenvalue weighted by atomic mass is 19.4. The second-order valence-corrected chi connectivity index (χ2v) is 4.45. The summed E-state index contributed by atoms with van der Waals surface area (Å²) in [5, 5.41) is 3.07. The van der Waals surface area contributed by atoms with Crippen molar-refractivity contribution in [2.24, 2.45) is 0 Å². The fourth-order valence-corrected chi connectivity index (χ4v) is 1.99. The summed E-state index contributed by atoms with van der Waals surface area (Å²) in [5.41, 5.74) is -1.34. The Labute approximate surface area is 118 Å². The molecule has 0 bridgehead atoms. The maximum Gasteiger partial charge on any atom is 0.433 e. The van der Waals surface area contributed by atoms with Crippen LogP contribution >= 0.6 is 0 Å². The van der Waals surface area contributed by atoms with Gasteiger partial charge in [-0.1, -0.05) is 6.92 Å². The zero-order valence-electron chi connectivity index (χ0n) is 11.5. The molecule has 0 aliphatic carbocycles. The average Bonchev–Trinajstić information content (AvgIpc) is 2.44. The summed E-state index contributed by atoms with van der Waals surface area (Å²) in [4.78, 5) is 3.40. The highest BCUT2D eigenvalue weighted by Gasteiger charge is 2.34. The normalized spacial score (nSPS) is 11.7. The van der Waals surface area contributed by atoms with E-state index < -0.39 is 17.7 Å². The van der Waals surface area contributed by atoms with Gasteiger partial charge < -0.3 is 10.1 Å². The lowest BCUT2D eigenvalue weighted by Crippen LogP contribution is -2.11. The van der Waals surface area contributed by atoms with Crippen molar-refractivity contribution in [3.8, 4) is 5.75 Å². The van der Waals surface area contributed by atoms with E-state index in [1.165, 1.54) is 13.2 Å². The molecule has 114 valence electrons. The minimum Gasteiger partial charge on any atom is -0.496 e. The lowest BCUT2D eigenvalue weighted by Gasteiger charge is -2.15. The first kappa shape index (κ1) is 15.3. The zero-order valence-corrected chi connectivity index (χ0v) is 11.5. The van der Waals surface area contributed by atoms with E-state index in [4.69, 9.17) is 4.74 Å². The van der Waals surface area contributed by atoms with Crippen molar-refractivity contribution >= 4 is 16.6 Å². The number of hydrogen-bond acceptors (Lipinski definition) is 3. The highest BCUT2D eigenvalue weighted by molar-refractivity contribution is 5.97. The molecule has 7 heteroatoms. The van der Waals surface area contributed by atoms with Gasteiger partial charge in [-0.3, -0.25) is 0 Å². The van der Waals surface area contributed by atoms with Gasteiger partial charge in [-0.15, -0.1) is 0 Å². The van der Waals surface area contributed by atoms with Crippen molar-refractivity contribution in [3.63, 3.8) is 0 Å². The number of anilines is 1. The Hall–Kier alpha value is -2.05. The number of fused-ring (bicyclic) bond motifs is 1. The van der Waals surface area contributed by atoms with Crippen molar-refractivity contribution in [2.75, 3.05) is 19.0 Å². The molecule has 1 aromatic carbocycles. The lowest BCUT2D eigenvalue weighted by atomic mass is 10.1. The molecule has 0 radical (unpaired) electrons. The van der Waals surface area contributed by atoms with Gasteiger partial charge in [-0.25, -0.2) is 9.37 Å². The van der Waals surface area contributed by atoms with Crippen LogP contribution in [-0.4, -0.2) is 18.6 Å². The Bertz CT molecular complexity index is 655. The summed E-state index contributed by atoms with van der Waals surface area (Å²) in [5.74, 6) is -0.553. The van der Waals surface area contributed by atoms with Crippen LogP contribution in [0.1, 0.15) is 19.0 Å². The summed E-state index contributed by atoms with van der Waals surface area (Å²) >= 11 is 0. The quantitative estimate of drug-likeness (QED) is 0.859. The Morgan fingerprint density at radius 3 is 2.57 bits per heavy atom. The maximum atomic E-state index is 13.9. The second kappa shape index (κ2) is 5.75. The van der Waals surface area contributed by atoms with Crippen molar-refractivity contribution < 1.29 is 22.3 Å². The third-order valence-corrected chi connectivity index (χ3v) is 2.95. The Morgan fingerprint density at radius 1 is 1.29 bits per heavy atom. The summed E-state index contributed by atoms with van der Waals surface area (Å²) in [6.45, 7) is 2.33. The van der Waals surface area contributed by atoms with Crippen LogP contribution in [-0.2, 0) is 6.18 Å². The van der Waals surface area contributed by atoms with Gasteiger partial charge in [0.2, 0.25) is 0 Å². The maximum absolute atomic E-state index is 13.9. The molecule has 21 heavy (non-hydrogen) atoms. The lowest BCUT2D eigenvalue weighted by molar-refractivity contribution is -0.140. The summed E-state index contributed by atoms with van der Waals surface area (Å²) < 4.78 is 57.6. The first-order valence-electron chi connectivity index (χ1n) is 6.36. The molecule has 0 saturated carbocycles. The van der Waals surface area contributed by atoms with Gasteiger partial charge in [0, 0.05) is 12.2 Å². The van der Waals surface area contributed by atoms with Gasteiger partial charge in [0.1, 0.15) is 22.8 Å². The summed E-state index contributed by atoms with van der Waals surface area (Å²) in [6, 6.07) is 3.28. The first-order valence-corrected chi connectivity index (χ1v) is 6.36. The van der Waals surface area contributed by atoms with E-state index in [1.807, 2.05) is 6.92 Å². The van der Waals surface area contributed by atoms with E-state index in [9.17, 15) is 17.6 Å². The number of benzene rings is 1. The molecule has 0 saturated heterocycles. The third-order valence-electron chi connectivity index (χ3n) is 2.95. The number of nitrogens with one attached hydrogen (secondary N) is 1. The number of alkyl halides is 3. The molecule has 0 spiro atoms. The molecule has 1 heterocycles.